The highest BCUT2D eigenvalue weighted by Crippen LogP contribution is 2.23. The standard InChI is InChI=1S/C21H19BrN2O3/c22-17-8-6-16(7-9-17)19-11-10-18(27-19)13-23-21(26)14-24-20(25)12-15-4-2-1-3-5-15/h1-11H,12-14H2,(H,23,26)(H,24,25). The average molecular weight is 427 g/mol. The Morgan fingerprint density at radius 3 is 2.33 bits per heavy atom. The van der Waals surface area contributed by atoms with Gasteiger partial charge in [0.2, 0.25) is 11.8 Å². The van der Waals surface area contributed by atoms with E-state index >= 15 is 0 Å². The van der Waals surface area contributed by atoms with Crippen LogP contribution in [0.25, 0.3) is 11.3 Å². The lowest BCUT2D eigenvalue weighted by Gasteiger charge is -2.06. The Labute approximate surface area is 165 Å². The maximum absolute atomic E-state index is 11.9. The van der Waals surface area contributed by atoms with Gasteiger partial charge in [-0.3, -0.25) is 9.59 Å². The molecule has 2 aromatic carbocycles. The molecule has 6 heteroatoms. The molecule has 5 nitrogen and oxygen atoms in total. The van der Waals surface area contributed by atoms with E-state index in [1.165, 1.54) is 0 Å². The number of halogens is 1. The lowest BCUT2D eigenvalue weighted by molar-refractivity contribution is -0.125. The van der Waals surface area contributed by atoms with E-state index in [1.807, 2.05) is 66.7 Å². The van der Waals surface area contributed by atoms with Gasteiger partial charge in [-0.2, -0.15) is 0 Å². The molecule has 1 heterocycles. The number of nitrogens with one attached hydrogen (secondary N) is 2. The third-order valence-corrected chi connectivity index (χ3v) is 4.43. The number of rotatable bonds is 7. The van der Waals surface area contributed by atoms with Crippen molar-refractivity contribution in [3.63, 3.8) is 0 Å². The number of hydrogen-bond acceptors (Lipinski definition) is 3. The van der Waals surface area contributed by atoms with Crippen LogP contribution in [0.3, 0.4) is 0 Å². The molecular weight excluding hydrogens is 408 g/mol. The molecule has 0 aliphatic rings. The van der Waals surface area contributed by atoms with E-state index in [-0.39, 0.29) is 31.3 Å². The largest absolute Gasteiger partial charge is 0.459 e. The molecule has 0 radical (unpaired) electrons. The Balaban J connectivity index is 1.43. The zero-order valence-corrected chi connectivity index (χ0v) is 16.2. The molecule has 27 heavy (non-hydrogen) atoms. The summed E-state index contributed by atoms with van der Waals surface area (Å²) in [6.07, 6.45) is 0.253. The highest BCUT2D eigenvalue weighted by molar-refractivity contribution is 9.10. The van der Waals surface area contributed by atoms with Crippen LogP contribution in [0.5, 0.6) is 0 Å². The van der Waals surface area contributed by atoms with Crippen LogP contribution in [0.1, 0.15) is 11.3 Å². The van der Waals surface area contributed by atoms with Crippen LogP contribution < -0.4 is 10.6 Å². The van der Waals surface area contributed by atoms with Crippen LogP contribution in [0.15, 0.2) is 75.6 Å². The van der Waals surface area contributed by atoms with Crippen LogP contribution >= 0.6 is 15.9 Å². The van der Waals surface area contributed by atoms with E-state index in [9.17, 15) is 9.59 Å². The number of hydrogen-bond donors (Lipinski definition) is 2. The number of amides is 2. The topological polar surface area (TPSA) is 71.3 Å². The quantitative estimate of drug-likeness (QED) is 0.605. The van der Waals surface area contributed by atoms with E-state index < -0.39 is 0 Å². The molecule has 138 valence electrons. The first kappa shape index (κ1) is 18.9. The summed E-state index contributed by atoms with van der Waals surface area (Å²) >= 11 is 3.40. The van der Waals surface area contributed by atoms with Gasteiger partial charge in [-0.15, -0.1) is 0 Å². The molecule has 2 N–H and O–H groups in total. The van der Waals surface area contributed by atoms with Gasteiger partial charge in [-0.1, -0.05) is 58.4 Å². The fraction of sp³-hybridized carbons (Fsp3) is 0.143. The molecule has 0 fully saturated rings. The predicted octanol–water partition coefficient (Wildman–Crippen LogP) is 3.68. The van der Waals surface area contributed by atoms with Crippen molar-refractivity contribution in [2.24, 2.45) is 0 Å². The van der Waals surface area contributed by atoms with E-state index in [2.05, 4.69) is 26.6 Å². The Morgan fingerprint density at radius 2 is 1.59 bits per heavy atom. The summed E-state index contributed by atoms with van der Waals surface area (Å²) in [7, 11) is 0. The van der Waals surface area contributed by atoms with Gasteiger partial charge in [0.05, 0.1) is 19.5 Å². The van der Waals surface area contributed by atoms with E-state index in [0.29, 0.717) is 5.76 Å². The van der Waals surface area contributed by atoms with Crippen molar-refractivity contribution in [2.75, 3.05) is 6.54 Å². The molecule has 0 spiro atoms. The number of benzene rings is 2. The van der Waals surface area contributed by atoms with Crippen LogP contribution in [-0.4, -0.2) is 18.4 Å². The molecule has 0 saturated carbocycles. The van der Waals surface area contributed by atoms with E-state index in [0.717, 1.165) is 21.4 Å². The highest BCUT2D eigenvalue weighted by atomic mass is 79.9. The molecule has 0 unspecified atom stereocenters. The first-order chi connectivity index (χ1) is 13.1. The summed E-state index contributed by atoms with van der Waals surface area (Å²) in [4.78, 5) is 23.8. The SMILES string of the molecule is O=C(CNC(=O)Cc1ccccc1)NCc1ccc(-c2ccc(Br)cc2)o1. The Bertz CT molecular complexity index is 905. The van der Waals surface area contributed by atoms with Gasteiger partial charge in [-0.05, 0) is 29.8 Å². The van der Waals surface area contributed by atoms with Gasteiger partial charge in [0.1, 0.15) is 11.5 Å². The second-order valence-electron chi connectivity index (χ2n) is 5.99. The monoisotopic (exact) mass is 426 g/mol. The summed E-state index contributed by atoms with van der Waals surface area (Å²) in [5, 5.41) is 5.35. The third-order valence-electron chi connectivity index (χ3n) is 3.90. The Hall–Kier alpha value is -2.86. The van der Waals surface area contributed by atoms with E-state index in [4.69, 9.17) is 4.42 Å². The van der Waals surface area contributed by atoms with Gasteiger partial charge < -0.3 is 15.1 Å². The minimum absolute atomic E-state index is 0.0635. The van der Waals surface area contributed by atoms with Crippen LogP contribution in [0.4, 0.5) is 0 Å². The maximum atomic E-state index is 11.9. The molecule has 0 aliphatic heterocycles. The van der Waals surface area contributed by atoms with Crippen molar-refractivity contribution in [3.05, 3.63) is 82.5 Å². The molecule has 2 amide bonds. The molecule has 0 aliphatic carbocycles. The van der Waals surface area contributed by atoms with Crippen LogP contribution in [-0.2, 0) is 22.6 Å². The zero-order valence-electron chi connectivity index (χ0n) is 14.6. The van der Waals surface area contributed by atoms with Crippen molar-refractivity contribution in [3.8, 4) is 11.3 Å². The molecule has 3 rings (SSSR count). The maximum Gasteiger partial charge on any atom is 0.239 e. The normalized spacial score (nSPS) is 10.4. The summed E-state index contributed by atoms with van der Waals surface area (Å²) < 4.78 is 6.75. The Morgan fingerprint density at radius 1 is 0.852 bits per heavy atom. The van der Waals surface area contributed by atoms with E-state index in [1.54, 1.807) is 0 Å². The first-order valence-corrected chi connectivity index (χ1v) is 9.31. The Kier molecular flexibility index (Phi) is 6.44. The molecule has 0 atom stereocenters. The number of carbonyl (C=O) groups is 2. The molecule has 1 aromatic heterocycles. The summed E-state index contributed by atoms with van der Waals surface area (Å²) in [6, 6.07) is 20.9. The molecule has 0 bridgehead atoms. The van der Waals surface area contributed by atoms with Crippen molar-refractivity contribution in [2.45, 2.75) is 13.0 Å². The van der Waals surface area contributed by atoms with Crippen LogP contribution in [0, 0.1) is 0 Å². The van der Waals surface area contributed by atoms with Crippen LogP contribution in [0.2, 0.25) is 0 Å². The molecule has 0 saturated heterocycles. The van der Waals surface area contributed by atoms with Gasteiger partial charge in [0, 0.05) is 10.0 Å². The lowest BCUT2D eigenvalue weighted by atomic mass is 10.1. The van der Waals surface area contributed by atoms with Crippen molar-refractivity contribution >= 4 is 27.7 Å². The average Bonchev–Trinajstić information content (AvgIpc) is 3.15. The van der Waals surface area contributed by atoms with Crippen molar-refractivity contribution < 1.29 is 14.0 Å². The van der Waals surface area contributed by atoms with Gasteiger partial charge >= 0.3 is 0 Å². The smallest absolute Gasteiger partial charge is 0.239 e. The zero-order chi connectivity index (χ0) is 19.1. The highest BCUT2D eigenvalue weighted by Gasteiger charge is 2.09. The summed E-state index contributed by atoms with van der Waals surface area (Å²) in [6.45, 7) is 0.204. The minimum atomic E-state index is -0.266. The van der Waals surface area contributed by atoms with Gasteiger partial charge in [-0.25, -0.2) is 0 Å². The van der Waals surface area contributed by atoms with Crippen molar-refractivity contribution in [1.29, 1.82) is 0 Å². The third kappa shape index (κ3) is 5.82. The minimum Gasteiger partial charge on any atom is -0.459 e. The predicted molar refractivity (Wildman–Crippen MR) is 107 cm³/mol. The summed E-state index contributed by atoms with van der Waals surface area (Å²) in [5.74, 6) is 0.935. The second kappa shape index (κ2) is 9.19. The number of furan rings is 1. The number of carbonyl (C=O) groups excluding carboxylic acids is 2. The fourth-order valence-corrected chi connectivity index (χ4v) is 2.78. The fourth-order valence-electron chi connectivity index (χ4n) is 2.51. The van der Waals surface area contributed by atoms with Gasteiger partial charge in [0.15, 0.2) is 0 Å². The molecular formula is C21H19BrN2O3. The second-order valence-corrected chi connectivity index (χ2v) is 6.90. The first-order valence-electron chi connectivity index (χ1n) is 8.52. The van der Waals surface area contributed by atoms with Crippen molar-refractivity contribution in [1.82, 2.24) is 10.6 Å². The lowest BCUT2D eigenvalue weighted by Crippen LogP contribution is -2.37. The molecule has 3 aromatic rings. The summed E-state index contributed by atoms with van der Waals surface area (Å²) in [5.41, 5.74) is 1.87. The van der Waals surface area contributed by atoms with Gasteiger partial charge in [0.25, 0.3) is 0 Å².